The highest BCUT2D eigenvalue weighted by Crippen LogP contribution is 2.49. The second kappa shape index (κ2) is 2.20. The third kappa shape index (κ3) is 0.943. The molecule has 0 aromatic rings. The third-order valence-electron chi connectivity index (χ3n) is 2.98. The zero-order valence-corrected chi connectivity index (χ0v) is 7.52. The minimum absolute atomic E-state index is 0.824. The van der Waals surface area contributed by atoms with Crippen molar-refractivity contribution in [1.82, 2.24) is 0 Å². The first-order valence-electron chi connectivity index (χ1n) is 4.49. The first-order valence-corrected chi connectivity index (χ1v) is 4.49. The van der Waals surface area contributed by atoms with Gasteiger partial charge in [-0.15, -0.1) is 0 Å². The topological polar surface area (TPSA) is 12.4 Å². The van der Waals surface area contributed by atoms with Crippen molar-refractivity contribution in [2.75, 3.05) is 0 Å². The van der Waals surface area contributed by atoms with E-state index in [0.717, 1.165) is 18.3 Å². The van der Waals surface area contributed by atoms with Gasteiger partial charge in [-0.05, 0) is 38.2 Å². The van der Waals surface area contributed by atoms with Gasteiger partial charge >= 0.3 is 0 Å². The molecule has 0 radical (unpaired) electrons. The van der Waals surface area contributed by atoms with Gasteiger partial charge in [-0.25, -0.2) is 0 Å². The molecule has 0 amide bonds. The van der Waals surface area contributed by atoms with Crippen LogP contribution in [0.4, 0.5) is 0 Å². The molecule has 1 nitrogen and oxygen atoms in total. The predicted octanol–water partition coefficient (Wildman–Crippen LogP) is 2.78. The molecule has 1 aliphatic heterocycles. The normalized spacial score (nSPS) is 35.0. The molecule has 1 saturated carbocycles. The van der Waals surface area contributed by atoms with E-state index in [4.69, 9.17) is 0 Å². The molecule has 0 bridgehead atoms. The summed E-state index contributed by atoms with van der Waals surface area (Å²) in [4.78, 5) is 4.60. The Morgan fingerprint density at radius 2 is 2.09 bits per heavy atom. The van der Waals surface area contributed by atoms with Gasteiger partial charge in [0.2, 0.25) is 0 Å². The minimum Gasteiger partial charge on any atom is -0.262 e. The maximum atomic E-state index is 4.60. The molecule has 11 heavy (non-hydrogen) atoms. The molecule has 2 aliphatic rings. The van der Waals surface area contributed by atoms with Crippen molar-refractivity contribution in [2.24, 2.45) is 16.8 Å². The van der Waals surface area contributed by atoms with Crippen LogP contribution in [-0.2, 0) is 0 Å². The number of aliphatic imine (C=N–C) groups is 1. The van der Waals surface area contributed by atoms with Crippen LogP contribution >= 0.6 is 0 Å². The fraction of sp³-hybridized carbons (Fsp3) is 0.700. The molecule has 2 atom stereocenters. The van der Waals surface area contributed by atoms with Gasteiger partial charge in [0.25, 0.3) is 0 Å². The highest BCUT2D eigenvalue weighted by atomic mass is 14.8. The van der Waals surface area contributed by atoms with Gasteiger partial charge in [-0.3, -0.25) is 4.99 Å². The van der Waals surface area contributed by atoms with Gasteiger partial charge in [0.1, 0.15) is 0 Å². The van der Waals surface area contributed by atoms with Crippen LogP contribution in [0.5, 0.6) is 0 Å². The van der Waals surface area contributed by atoms with E-state index in [-0.39, 0.29) is 0 Å². The fourth-order valence-corrected chi connectivity index (χ4v) is 2.09. The lowest BCUT2D eigenvalue weighted by atomic mass is 10.0. The Bertz CT molecular complexity index is 248. The number of rotatable bonds is 1. The van der Waals surface area contributed by atoms with Crippen molar-refractivity contribution in [2.45, 2.75) is 33.6 Å². The molecule has 0 spiro atoms. The summed E-state index contributed by atoms with van der Waals surface area (Å²) in [6, 6.07) is 0. The van der Waals surface area contributed by atoms with Crippen LogP contribution in [0, 0.1) is 11.8 Å². The Kier molecular flexibility index (Phi) is 1.41. The summed E-state index contributed by atoms with van der Waals surface area (Å²) in [5, 5.41) is 0. The average Bonchev–Trinajstić information content (AvgIpc) is 2.75. The third-order valence-corrected chi connectivity index (χ3v) is 2.98. The second-order valence-electron chi connectivity index (χ2n) is 3.69. The Morgan fingerprint density at radius 3 is 2.73 bits per heavy atom. The van der Waals surface area contributed by atoms with Crippen molar-refractivity contribution in [1.29, 1.82) is 0 Å². The monoisotopic (exact) mass is 149 g/mol. The first-order chi connectivity index (χ1) is 5.24. The van der Waals surface area contributed by atoms with Crippen LogP contribution < -0.4 is 0 Å². The quantitative estimate of drug-likeness (QED) is 0.543. The van der Waals surface area contributed by atoms with Gasteiger partial charge < -0.3 is 0 Å². The molecular formula is C10H15N. The van der Waals surface area contributed by atoms with E-state index < -0.39 is 0 Å². The smallest absolute Gasteiger partial charge is 0.0392 e. The number of allylic oxidation sites excluding steroid dienone is 2. The summed E-state index contributed by atoms with van der Waals surface area (Å²) in [6.07, 6.45) is 2.47. The summed E-state index contributed by atoms with van der Waals surface area (Å²) >= 11 is 0. The standard InChI is InChI=1S/C10H15N/c1-4-10-6(2)8-5-9(8)7(3)11-10/h8-9H,4-5H2,1-3H3. The van der Waals surface area contributed by atoms with Gasteiger partial charge in [0, 0.05) is 17.3 Å². The van der Waals surface area contributed by atoms with E-state index in [1.807, 2.05) is 0 Å². The molecule has 2 rings (SSSR count). The maximum absolute atomic E-state index is 4.60. The van der Waals surface area contributed by atoms with Crippen LogP contribution in [0.15, 0.2) is 16.3 Å². The highest BCUT2D eigenvalue weighted by molar-refractivity contribution is 5.89. The SMILES string of the molecule is CCC1=C(C)C2CC2C(C)=N1. The summed E-state index contributed by atoms with van der Waals surface area (Å²) in [5.74, 6) is 1.70. The average molecular weight is 149 g/mol. The molecule has 1 fully saturated rings. The molecule has 0 aromatic heterocycles. The second-order valence-corrected chi connectivity index (χ2v) is 3.69. The van der Waals surface area contributed by atoms with Crippen LogP contribution in [0.3, 0.4) is 0 Å². The van der Waals surface area contributed by atoms with Crippen molar-refractivity contribution < 1.29 is 0 Å². The van der Waals surface area contributed by atoms with E-state index in [1.54, 1.807) is 5.57 Å². The predicted molar refractivity (Wildman–Crippen MR) is 47.7 cm³/mol. The van der Waals surface area contributed by atoms with Crippen molar-refractivity contribution in [3.05, 3.63) is 11.3 Å². The lowest BCUT2D eigenvalue weighted by Crippen LogP contribution is -2.05. The summed E-state index contributed by atoms with van der Waals surface area (Å²) in [5.41, 5.74) is 4.28. The zero-order chi connectivity index (χ0) is 8.01. The Hall–Kier alpha value is -0.590. The van der Waals surface area contributed by atoms with Crippen LogP contribution in [-0.4, -0.2) is 5.71 Å². The molecule has 1 heterocycles. The Morgan fingerprint density at radius 1 is 1.36 bits per heavy atom. The summed E-state index contributed by atoms with van der Waals surface area (Å²) in [7, 11) is 0. The molecule has 0 saturated heterocycles. The Labute approximate surface area is 68.2 Å². The van der Waals surface area contributed by atoms with Crippen molar-refractivity contribution in [3.63, 3.8) is 0 Å². The molecule has 0 N–H and O–H groups in total. The van der Waals surface area contributed by atoms with Crippen molar-refractivity contribution >= 4 is 5.71 Å². The van der Waals surface area contributed by atoms with Gasteiger partial charge in [-0.2, -0.15) is 0 Å². The minimum atomic E-state index is 0.824. The molecule has 1 aliphatic carbocycles. The van der Waals surface area contributed by atoms with Gasteiger partial charge in [0.05, 0.1) is 0 Å². The molecule has 60 valence electrons. The van der Waals surface area contributed by atoms with Crippen molar-refractivity contribution in [3.8, 4) is 0 Å². The molecule has 0 aromatic carbocycles. The molecular weight excluding hydrogens is 134 g/mol. The van der Waals surface area contributed by atoms with E-state index in [2.05, 4.69) is 25.8 Å². The van der Waals surface area contributed by atoms with Gasteiger partial charge in [-0.1, -0.05) is 6.92 Å². The number of fused-ring (bicyclic) bond motifs is 1. The zero-order valence-electron chi connectivity index (χ0n) is 7.52. The van der Waals surface area contributed by atoms with Gasteiger partial charge in [0.15, 0.2) is 0 Å². The fourth-order valence-electron chi connectivity index (χ4n) is 2.09. The molecule has 1 heteroatoms. The van der Waals surface area contributed by atoms with Crippen LogP contribution in [0.25, 0.3) is 0 Å². The summed E-state index contributed by atoms with van der Waals surface area (Å²) in [6.45, 7) is 6.62. The maximum Gasteiger partial charge on any atom is 0.0392 e. The van der Waals surface area contributed by atoms with E-state index >= 15 is 0 Å². The van der Waals surface area contributed by atoms with E-state index in [9.17, 15) is 0 Å². The molecule has 2 unspecified atom stereocenters. The van der Waals surface area contributed by atoms with E-state index in [1.165, 1.54) is 17.8 Å². The number of hydrogen-bond acceptors (Lipinski definition) is 1. The Balaban J connectivity index is 2.35. The van der Waals surface area contributed by atoms with E-state index in [0.29, 0.717) is 0 Å². The highest BCUT2D eigenvalue weighted by Gasteiger charge is 2.43. The van der Waals surface area contributed by atoms with Crippen LogP contribution in [0.1, 0.15) is 33.6 Å². The lowest BCUT2D eigenvalue weighted by molar-refractivity contribution is 0.855. The largest absolute Gasteiger partial charge is 0.262 e. The number of hydrogen-bond donors (Lipinski definition) is 0. The summed E-state index contributed by atoms with van der Waals surface area (Å²) < 4.78 is 0. The van der Waals surface area contributed by atoms with Crippen LogP contribution in [0.2, 0.25) is 0 Å². The number of nitrogens with zero attached hydrogens (tertiary/aromatic N) is 1. The first kappa shape index (κ1) is 7.08. The lowest BCUT2D eigenvalue weighted by Gasteiger charge is -2.12.